The zero-order chi connectivity index (χ0) is 17.0. The molecule has 0 aromatic rings. The molecule has 0 saturated heterocycles. The molecular formula is C21H32O2. The van der Waals surface area contributed by atoms with Crippen LogP contribution in [0.25, 0.3) is 0 Å². The van der Waals surface area contributed by atoms with Crippen molar-refractivity contribution in [2.45, 2.75) is 66.7 Å². The fraction of sp³-hybridized carbons (Fsp3) is 0.762. The average Bonchev–Trinajstić information content (AvgIpc) is 2.49. The van der Waals surface area contributed by atoms with Gasteiger partial charge in [0.25, 0.3) is 0 Å². The quantitative estimate of drug-likeness (QED) is 0.735. The van der Waals surface area contributed by atoms with Crippen molar-refractivity contribution < 1.29 is 9.90 Å². The largest absolute Gasteiger partial charge is 0.481 e. The lowest BCUT2D eigenvalue weighted by atomic mass is 9.44. The van der Waals surface area contributed by atoms with Crippen molar-refractivity contribution in [1.29, 1.82) is 0 Å². The molecule has 0 aliphatic heterocycles. The Morgan fingerprint density at radius 2 is 2.00 bits per heavy atom. The highest BCUT2D eigenvalue weighted by Crippen LogP contribution is 2.64. The van der Waals surface area contributed by atoms with Crippen LogP contribution in [0.4, 0.5) is 0 Å². The Bertz CT molecular complexity index is 570. The molecule has 23 heavy (non-hydrogen) atoms. The molecule has 3 aliphatic rings. The highest BCUT2D eigenvalue weighted by Gasteiger charge is 2.59. The van der Waals surface area contributed by atoms with E-state index in [0.717, 1.165) is 25.7 Å². The van der Waals surface area contributed by atoms with Crippen LogP contribution in [-0.2, 0) is 4.79 Å². The smallest absolute Gasteiger partial charge is 0.309 e. The van der Waals surface area contributed by atoms with Crippen LogP contribution >= 0.6 is 0 Å². The molecule has 0 radical (unpaired) electrons. The number of carbonyl (C=O) groups is 1. The van der Waals surface area contributed by atoms with Gasteiger partial charge in [-0.3, -0.25) is 4.79 Å². The van der Waals surface area contributed by atoms with E-state index in [1.807, 2.05) is 6.92 Å². The van der Waals surface area contributed by atoms with Gasteiger partial charge in [0, 0.05) is 0 Å². The molecule has 0 bridgehead atoms. The third-order valence-corrected chi connectivity index (χ3v) is 7.41. The van der Waals surface area contributed by atoms with Gasteiger partial charge in [-0.25, -0.2) is 0 Å². The SMILES string of the molecule is CC(C)C1=CCC2C(=C1)C(C)CC1C(C)(C(=O)O)CCCC21C. The van der Waals surface area contributed by atoms with E-state index in [9.17, 15) is 9.90 Å². The second-order valence-electron chi connectivity index (χ2n) is 9.06. The zero-order valence-electron chi connectivity index (χ0n) is 15.4. The maximum atomic E-state index is 12.1. The van der Waals surface area contributed by atoms with Crippen LogP contribution < -0.4 is 0 Å². The third kappa shape index (κ3) is 2.40. The fourth-order valence-electron chi connectivity index (χ4n) is 5.88. The first-order valence-electron chi connectivity index (χ1n) is 9.35. The van der Waals surface area contributed by atoms with E-state index in [1.54, 1.807) is 5.57 Å². The Kier molecular flexibility index (Phi) is 4.01. The molecule has 128 valence electrons. The van der Waals surface area contributed by atoms with Crippen LogP contribution in [0.3, 0.4) is 0 Å². The van der Waals surface area contributed by atoms with E-state index >= 15 is 0 Å². The number of allylic oxidation sites excluding steroid dienone is 4. The number of hydrogen-bond acceptors (Lipinski definition) is 1. The summed E-state index contributed by atoms with van der Waals surface area (Å²) in [6, 6.07) is 0. The summed E-state index contributed by atoms with van der Waals surface area (Å²) >= 11 is 0. The van der Waals surface area contributed by atoms with Crippen LogP contribution in [0.2, 0.25) is 0 Å². The van der Waals surface area contributed by atoms with Gasteiger partial charge in [-0.2, -0.15) is 0 Å². The van der Waals surface area contributed by atoms with Crippen molar-refractivity contribution in [2.24, 2.45) is 34.5 Å². The normalized spacial score (nSPS) is 43.3. The van der Waals surface area contributed by atoms with Crippen molar-refractivity contribution in [2.75, 3.05) is 0 Å². The summed E-state index contributed by atoms with van der Waals surface area (Å²) in [5.74, 6) is 1.35. The first-order valence-corrected chi connectivity index (χ1v) is 9.35. The Morgan fingerprint density at radius 3 is 2.61 bits per heavy atom. The lowest BCUT2D eigenvalue weighted by molar-refractivity contribution is -0.165. The molecule has 0 spiro atoms. The van der Waals surface area contributed by atoms with Crippen molar-refractivity contribution in [3.63, 3.8) is 0 Å². The minimum atomic E-state index is -0.581. The topological polar surface area (TPSA) is 37.3 Å². The van der Waals surface area contributed by atoms with Crippen LogP contribution in [0.1, 0.15) is 66.7 Å². The van der Waals surface area contributed by atoms with E-state index in [1.165, 1.54) is 12.0 Å². The van der Waals surface area contributed by atoms with Gasteiger partial charge in [-0.15, -0.1) is 0 Å². The summed E-state index contributed by atoms with van der Waals surface area (Å²) in [5.41, 5.74) is 2.67. The molecular weight excluding hydrogens is 284 g/mol. The predicted molar refractivity (Wildman–Crippen MR) is 94.1 cm³/mol. The average molecular weight is 316 g/mol. The van der Waals surface area contributed by atoms with Crippen LogP contribution in [0.5, 0.6) is 0 Å². The number of fused-ring (bicyclic) bond motifs is 3. The molecule has 5 unspecified atom stereocenters. The van der Waals surface area contributed by atoms with Gasteiger partial charge in [-0.05, 0) is 67.3 Å². The minimum Gasteiger partial charge on any atom is -0.481 e. The molecule has 2 heteroatoms. The molecule has 1 N–H and O–H groups in total. The van der Waals surface area contributed by atoms with Gasteiger partial charge in [0.1, 0.15) is 0 Å². The molecule has 5 atom stereocenters. The van der Waals surface area contributed by atoms with E-state index in [4.69, 9.17) is 0 Å². The fourth-order valence-corrected chi connectivity index (χ4v) is 5.88. The summed E-state index contributed by atoms with van der Waals surface area (Å²) in [5, 5.41) is 9.92. The molecule has 0 aromatic heterocycles. The van der Waals surface area contributed by atoms with Gasteiger partial charge in [0.05, 0.1) is 5.41 Å². The highest BCUT2D eigenvalue weighted by atomic mass is 16.4. The number of carboxylic acid groups (broad SMARTS) is 1. The van der Waals surface area contributed by atoms with E-state index in [0.29, 0.717) is 23.7 Å². The lowest BCUT2D eigenvalue weighted by Gasteiger charge is -2.59. The number of hydrogen-bond donors (Lipinski definition) is 1. The van der Waals surface area contributed by atoms with Gasteiger partial charge < -0.3 is 5.11 Å². The molecule has 2 nitrogen and oxygen atoms in total. The number of carboxylic acids is 1. The monoisotopic (exact) mass is 316 g/mol. The van der Waals surface area contributed by atoms with Crippen LogP contribution in [0, 0.1) is 34.5 Å². The molecule has 2 fully saturated rings. The van der Waals surface area contributed by atoms with Crippen molar-refractivity contribution in [3.8, 4) is 0 Å². The van der Waals surface area contributed by atoms with Crippen LogP contribution in [0.15, 0.2) is 23.3 Å². The summed E-state index contributed by atoms with van der Waals surface area (Å²) in [4.78, 5) is 12.1. The number of rotatable bonds is 2. The standard InChI is InChI=1S/C21H32O2/c1-13(2)15-7-8-17-16(12-15)14(3)11-18-20(17,4)9-6-10-21(18,5)19(22)23/h7,12-14,17-18H,6,8-11H2,1-5H3,(H,22,23). The van der Waals surface area contributed by atoms with Gasteiger partial charge in [0.15, 0.2) is 0 Å². The predicted octanol–water partition coefficient (Wildman–Crippen LogP) is 5.45. The zero-order valence-corrected chi connectivity index (χ0v) is 15.4. The maximum absolute atomic E-state index is 12.1. The van der Waals surface area contributed by atoms with Crippen molar-refractivity contribution in [3.05, 3.63) is 23.3 Å². The van der Waals surface area contributed by atoms with E-state index < -0.39 is 11.4 Å². The summed E-state index contributed by atoms with van der Waals surface area (Å²) in [6.07, 6.45) is 10.1. The van der Waals surface area contributed by atoms with Gasteiger partial charge in [-0.1, -0.05) is 51.8 Å². The lowest BCUT2D eigenvalue weighted by Crippen LogP contribution is -2.55. The van der Waals surface area contributed by atoms with Gasteiger partial charge >= 0.3 is 5.97 Å². The molecule has 2 saturated carbocycles. The Balaban J connectivity index is 2.01. The van der Waals surface area contributed by atoms with E-state index in [-0.39, 0.29) is 5.41 Å². The maximum Gasteiger partial charge on any atom is 0.309 e. The molecule has 3 aliphatic carbocycles. The first-order chi connectivity index (χ1) is 10.7. The molecule has 0 amide bonds. The summed E-state index contributed by atoms with van der Waals surface area (Å²) < 4.78 is 0. The summed E-state index contributed by atoms with van der Waals surface area (Å²) in [6.45, 7) is 11.2. The van der Waals surface area contributed by atoms with Crippen molar-refractivity contribution >= 4 is 5.97 Å². The second kappa shape index (κ2) is 5.50. The molecule has 0 heterocycles. The van der Waals surface area contributed by atoms with E-state index in [2.05, 4.69) is 39.8 Å². The van der Waals surface area contributed by atoms with Gasteiger partial charge in [0.2, 0.25) is 0 Å². The molecule has 3 rings (SSSR count). The first kappa shape index (κ1) is 16.8. The second-order valence-corrected chi connectivity index (χ2v) is 9.06. The van der Waals surface area contributed by atoms with Crippen molar-refractivity contribution in [1.82, 2.24) is 0 Å². The Labute approximate surface area is 141 Å². The third-order valence-electron chi connectivity index (χ3n) is 7.41. The van der Waals surface area contributed by atoms with Crippen LogP contribution in [-0.4, -0.2) is 11.1 Å². The molecule has 0 aromatic carbocycles. The Hall–Kier alpha value is -1.05. The Morgan fingerprint density at radius 1 is 1.30 bits per heavy atom. The number of aliphatic carboxylic acids is 1. The summed E-state index contributed by atoms with van der Waals surface area (Å²) in [7, 11) is 0. The minimum absolute atomic E-state index is 0.142. The highest BCUT2D eigenvalue weighted by molar-refractivity contribution is 5.75.